The van der Waals surface area contributed by atoms with Crippen molar-refractivity contribution in [3.05, 3.63) is 64.5 Å². The van der Waals surface area contributed by atoms with Crippen LogP contribution in [0, 0.1) is 12.3 Å². The van der Waals surface area contributed by atoms with E-state index in [0.29, 0.717) is 0 Å². The summed E-state index contributed by atoms with van der Waals surface area (Å²) in [5.41, 5.74) is 9.55. The van der Waals surface area contributed by atoms with Crippen molar-refractivity contribution in [2.24, 2.45) is 5.41 Å². The molecule has 0 saturated heterocycles. The molecule has 1 saturated carbocycles. The zero-order valence-electron chi connectivity index (χ0n) is 19.0. The number of aryl methyl sites for hydroxylation is 2. The van der Waals surface area contributed by atoms with Crippen molar-refractivity contribution in [1.82, 2.24) is 4.98 Å². The van der Waals surface area contributed by atoms with E-state index in [2.05, 4.69) is 41.5 Å². The number of aromatic nitrogens is 1. The molecule has 0 unspecified atom stereocenters. The highest BCUT2D eigenvalue weighted by Gasteiger charge is 2.51. The minimum Gasteiger partial charge on any atom is -0.393 e. The van der Waals surface area contributed by atoms with Crippen LogP contribution in [0.4, 0.5) is 11.4 Å². The first-order valence-electron chi connectivity index (χ1n) is 11.7. The van der Waals surface area contributed by atoms with E-state index in [-0.39, 0.29) is 16.9 Å². The van der Waals surface area contributed by atoms with Crippen molar-refractivity contribution in [3.8, 4) is 0 Å². The molecule has 2 aromatic rings. The highest BCUT2D eigenvalue weighted by Crippen LogP contribution is 2.61. The normalized spacial score (nSPS) is 29.4. The van der Waals surface area contributed by atoms with Gasteiger partial charge in [0.25, 0.3) is 0 Å². The molecular weight excluding hydrogens is 384 g/mol. The Bertz CT molecular complexity index is 1030. The number of pyridine rings is 1. The largest absolute Gasteiger partial charge is 0.393 e. The molecule has 31 heavy (non-hydrogen) atoms. The molecule has 5 rings (SSSR count). The number of rotatable bonds is 5. The smallest absolute Gasteiger partial charge is 0.0607 e. The molecule has 2 N–H and O–H groups in total. The predicted octanol–water partition coefficient (Wildman–Crippen LogP) is 5.61. The summed E-state index contributed by atoms with van der Waals surface area (Å²) in [7, 11) is 1.81. The summed E-state index contributed by atoms with van der Waals surface area (Å²) in [6.45, 7) is 5.18. The van der Waals surface area contributed by atoms with Crippen molar-refractivity contribution in [2.75, 3.05) is 19.0 Å². The van der Waals surface area contributed by atoms with Crippen molar-refractivity contribution in [2.45, 2.75) is 70.3 Å². The van der Waals surface area contributed by atoms with Gasteiger partial charge in [-0.2, -0.15) is 0 Å². The summed E-state index contributed by atoms with van der Waals surface area (Å²) in [6.07, 6.45) is 8.93. The van der Waals surface area contributed by atoms with Gasteiger partial charge < -0.3 is 15.2 Å². The van der Waals surface area contributed by atoms with Gasteiger partial charge in [-0.25, -0.2) is 0 Å². The third kappa shape index (κ3) is 3.41. The average Bonchev–Trinajstić information content (AvgIpc) is 3.07. The number of fused-ring (bicyclic) bond motifs is 4. The van der Waals surface area contributed by atoms with E-state index in [4.69, 9.17) is 4.74 Å². The summed E-state index contributed by atoms with van der Waals surface area (Å²) >= 11 is 0. The molecule has 4 nitrogen and oxygen atoms in total. The van der Waals surface area contributed by atoms with Gasteiger partial charge in [-0.3, -0.25) is 4.98 Å². The minimum atomic E-state index is -0.179. The number of ether oxygens (including phenoxy) is 1. The van der Waals surface area contributed by atoms with E-state index in [1.807, 2.05) is 26.3 Å². The Hall–Kier alpha value is -2.17. The molecule has 0 amide bonds. The van der Waals surface area contributed by atoms with E-state index in [9.17, 15) is 5.11 Å². The molecule has 3 atom stereocenters. The number of nitrogens with one attached hydrogen (secondary N) is 1. The van der Waals surface area contributed by atoms with E-state index in [1.54, 1.807) is 11.1 Å². The Labute approximate surface area is 185 Å². The SMILES string of the molecule is COCC[C@@]12CC[C@@]3(C)C[C@@H](O)CC3=C1CCc1cc(Nc3cccnc3C)ccc12. The Morgan fingerprint density at radius 3 is 2.87 bits per heavy atom. The van der Waals surface area contributed by atoms with E-state index in [1.165, 1.54) is 11.1 Å². The number of hydrogen-bond donors (Lipinski definition) is 2. The first-order valence-corrected chi connectivity index (χ1v) is 11.7. The maximum atomic E-state index is 10.5. The monoisotopic (exact) mass is 418 g/mol. The quantitative estimate of drug-likeness (QED) is 0.620. The molecular formula is C27H34N2O2. The lowest BCUT2D eigenvalue weighted by molar-refractivity contribution is 0.142. The van der Waals surface area contributed by atoms with Crippen LogP contribution in [0.15, 0.2) is 47.7 Å². The van der Waals surface area contributed by atoms with Crippen LogP contribution < -0.4 is 5.32 Å². The lowest BCUT2D eigenvalue weighted by atomic mass is 9.54. The Kier molecular flexibility index (Phi) is 5.18. The first-order chi connectivity index (χ1) is 14.9. The van der Waals surface area contributed by atoms with E-state index >= 15 is 0 Å². The average molecular weight is 419 g/mol. The van der Waals surface area contributed by atoms with Gasteiger partial charge >= 0.3 is 0 Å². The molecule has 164 valence electrons. The summed E-state index contributed by atoms with van der Waals surface area (Å²) in [5, 5.41) is 14.1. The highest BCUT2D eigenvalue weighted by molar-refractivity contribution is 5.64. The van der Waals surface area contributed by atoms with Gasteiger partial charge in [-0.15, -0.1) is 0 Å². The Morgan fingerprint density at radius 2 is 2.06 bits per heavy atom. The van der Waals surface area contributed by atoms with Crippen LogP contribution in [0.2, 0.25) is 0 Å². The lowest BCUT2D eigenvalue weighted by Gasteiger charge is -2.50. The van der Waals surface area contributed by atoms with Gasteiger partial charge in [0.15, 0.2) is 0 Å². The third-order valence-electron chi connectivity index (χ3n) is 8.18. The fraction of sp³-hybridized carbons (Fsp3) is 0.519. The van der Waals surface area contributed by atoms with E-state index in [0.717, 1.165) is 68.6 Å². The third-order valence-corrected chi connectivity index (χ3v) is 8.18. The van der Waals surface area contributed by atoms with Crippen LogP contribution in [0.5, 0.6) is 0 Å². The zero-order chi connectivity index (χ0) is 21.6. The van der Waals surface area contributed by atoms with Gasteiger partial charge in [0.05, 0.1) is 17.5 Å². The number of allylic oxidation sites excluding steroid dienone is 1. The molecule has 4 heteroatoms. The minimum absolute atomic E-state index is 0.0608. The Morgan fingerprint density at radius 1 is 1.19 bits per heavy atom. The van der Waals surface area contributed by atoms with Gasteiger partial charge in [-0.05, 0) is 92.7 Å². The van der Waals surface area contributed by atoms with Crippen molar-refractivity contribution >= 4 is 11.4 Å². The second-order valence-corrected chi connectivity index (χ2v) is 10.0. The number of anilines is 2. The summed E-state index contributed by atoms with van der Waals surface area (Å²) < 4.78 is 5.59. The molecule has 0 aliphatic heterocycles. The maximum absolute atomic E-state index is 10.5. The summed E-state index contributed by atoms with van der Waals surface area (Å²) in [5.74, 6) is 0. The van der Waals surface area contributed by atoms with Crippen LogP contribution in [-0.4, -0.2) is 29.9 Å². The Balaban J connectivity index is 1.56. The van der Waals surface area contributed by atoms with Crippen molar-refractivity contribution < 1.29 is 9.84 Å². The molecule has 0 bridgehead atoms. The number of hydrogen-bond acceptors (Lipinski definition) is 4. The molecule has 1 fully saturated rings. The number of nitrogens with zero attached hydrogens (tertiary/aromatic N) is 1. The second-order valence-electron chi connectivity index (χ2n) is 10.0. The van der Waals surface area contributed by atoms with Crippen molar-refractivity contribution in [3.63, 3.8) is 0 Å². The molecule has 3 aliphatic rings. The fourth-order valence-corrected chi connectivity index (χ4v) is 6.62. The molecule has 3 aliphatic carbocycles. The number of methoxy groups -OCH3 is 1. The van der Waals surface area contributed by atoms with Gasteiger partial charge in [0.1, 0.15) is 0 Å². The summed E-state index contributed by atoms with van der Waals surface area (Å²) in [6, 6.07) is 11.0. The summed E-state index contributed by atoms with van der Waals surface area (Å²) in [4.78, 5) is 4.40. The zero-order valence-corrected chi connectivity index (χ0v) is 19.0. The molecule has 1 heterocycles. The first kappa shape index (κ1) is 20.7. The van der Waals surface area contributed by atoms with E-state index < -0.39 is 0 Å². The van der Waals surface area contributed by atoms with Crippen molar-refractivity contribution in [1.29, 1.82) is 0 Å². The van der Waals surface area contributed by atoms with Crippen LogP contribution in [0.25, 0.3) is 0 Å². The number of aliphatic hydroxyl groups is 1. The number of aliphatic hydroxyl groups excluding tert-OH is 1. The molecule has 0 spiro atoms. The predicted molar refractivity (Wildman–Crippen MR) is 125 cm³/mol. The van der Waals surface area contributed by atoms with Crippen LogP contribution in [0.1, 0.15) is 62.3 Å². The fourth-order valence-electron chi connectivity index (χ4n) is 6.62. The standard InChI is InChI=1S/C27H34N2O2/c1-18-25(5-4-13-28-18)29-20-7-9-22-19(15-20)6-8-23-24-16-21(30)17-26(24,2)10-11-27(22,23)12-14-31-3/h4-5,7,9,13,15,21,29-30H,6,8,10-12,14,16-17H2,1-3H3/t21-,26-,27+/m0/s1. The van der Waals surface area contributed by atoms with Crippen LogP contribution in [-0.2, 0) is 16.6 Å². The highest BCUT2D eigenvalue weighted by atomic mass is 16.5. The van der Waals surface area contributed by atoms with Gasteiger partial charge in [0, 0.05) is 31.0 Å². The van der Waals surface area contributed by atoms with Crippen LogP contribution >= 0.6 is 0 Å². The second kappa shape index (κ2) is 7.75. The molecule has 0 radical (unpaired) electrons. The van der Waals surface area contributed by atoms with Gasteiger partial charge in [-0.1, -0.05) is 24.1 Å². The van der Waals surface area contributed by atoms with Crippen LogP contribution in [0.3, 0.4) is 0 Å². The lowest BCUT2D eigenvalue weighted by Crippen LogP contribution is -2.41. The topological polar surface area (TPSA) is 54.4 Å². The number of benzene rings is 1. The molecule has 1 aromatic carbocycles. The maximum Gasteiger partial charge on any atom is 0.0607 e. The van der Waals surface area contributed by atoms with Gasteiger partial charge in [0.2, 0.25) is 0 Å². The molecule has 1 aromatic heterocycles.